The Morgan fingerprint density at radius 2 is 1.80 bits per heavy atom. The minimum absolute atomic E-state index is 0.0250. The van der Waals surface area contributed by atoms with Gasteiger partial charge in [-0.15, -0.1) is 0 Å². The van der Waals surface area contributed by atoms with Gasteiger partial charge in [0.15, 0.2) is 0 Å². The highest BCUT2D eigenvalue weighted by Crippen LogP contribution is 2.24. The summed E-state index contributed by atoms with van der Waals surface area (Å²) in [6, 6.07) is 12.6. The van der Waals surface area contributed by atoms with Gasteiger partial charge in [-0.3, -0.25) is 14.4 Å². The standard InChI is InChI=1S/C19H19N3O3/c1-12(23)20-15-3-2-4-16(11-15)21-19(25)10-13-5-7-17-14(9-13)6-8-18(24)22-17/h2-5,7,9,11H,6,8,10H2,1H3,(H,20,23)(H,21,25)(H,22,24). The summed E-state index contributed by atoms with van der Waals surface area (Å²) in [7, 11) is 0. The maximum absolute atomic E-state index is 12.3. The Labute approximate surface area is 145 Å². The lowest BCUT2D eigenvalue weighted by Gasteiger charge is -2.17. The number of aryl methyl sites for hydroxylation is 1. The van der Waals surface area contributed by atoms with Gasteiger partial charge in [0.25, 0.3) is 0 Å². The normalized spacial score (nSPS) is 12.8. The maximum Gasteiger partial charge on any atom is 0.228 e. The predicted molar refractivity (Wildman–Crippen MR) is 96.5 cm³/mol. The van der Waals surface area contributed by atoms with E-state index < -0.39 is 0 Å². The van der Waals surface area contributed by atoms with Crippen molar-refractivity contribution in [1.82, 2.24) is 0 Å². The SMILES string of the molecule is CC(=O)Nc1cccc(NC(=O)Cc2ccc3c(c2)CCC(=O)N3)c1. The molecule has 0 aliphatic carbocycles. The molecule has 6 nitrogen and oxygen atoms in total. The molecule has 2 aromatic rings. The lowest BCUT2D eigenvalue weighted by atomic mass is 9.99. The van der Waals surface area contributed by atoms with Gasteiger partial charge in [0, 0.05) is 30.4 Å². The minimum Gasteiger partial charge on any atom is -0.326 e. The number of anilines is 3. The number of hydrogen-bond acceptors (Lipinski definition) is 3. The number of benzene rings is 2. The molecule has 0 unspecified atom stereocenters. The Morgan fingerprint density at radius 3 is 2.56 bits per heavy atom. The molecular weight excluding hydrogens is 318 g/mol. The molecule has 3 N–H and O–H groups in total. The molecule has 128 valence electrons. The summed E-state index contributed by atoms with van der Waals surface area (Å²) in [5.41, 5.74) is 4.03. The zero-order chi connectivity index (χ0) is 17.8. The van der Waals surface area contributed by atoms with Gasteiger partial charge in [0.1, 0.15) is 0 Å². The van der Waals surface area contributed by atoms with E-state index in [4.69, 9.17) is 0 Å². The third kappa shape index (κ3) is 4.44. The van der Waals surface area contributed by atoms with Crippen LogP contribution in [0, 0.1) is 0 Å². The highest BCUT2D eigenvalue weighted by atomic mass is 16.2. The second-order valence-electron chi connectivity index (χ2n) is 6.03. The average Bonchev–Trinajstić information content (AvgIpc) is 2.54. The Balaban J connectivity index is 1.65. The van der Waals surface area contributed by atoms with Gasteiger partial charge in [-0.25, -0.2) is 0 Å². The van der Waals surface area contributed by atoms with Crippen LogP contribution in [0.2, 0.25) is 0 Å². The summed E-state index contributed by atoms with van der Waals surface area (Å²) in [6.07, 6.45) is 1.40. The third-order valence-electron chi connectivity index (χ3n) is 3.90. The first kappa shape index (κ1) is 16.7. The van der Waals surface area contributed by atoms with Crippen LogP contribution >= 0.6 is 0 Å². The number of carbonyl (C=O) groups is 3. The summed E-state index contributed by atoms with van der Waals surface area (Å²) in [6.45, 7) is 1.43. The Hall–Kier alpha value is -3.15. The fourth-order valence-corrected chi connectivity index (χ4v) is 2.82. The summed E-state index contributed by atoms with van der Waals surface area (Å²) in [4.78, 5) is 34.8. The molecule has 0 aromatic heterocycles. The van der Waals surface area contributed by atoms with Crippen molar-refractivity contribution >= 4 is 34.8 Å². The van der Waals surface area contributed by atoms with Gasteiger partial charge in [-0.2, -0.15) is 0 Å². The molecule has 0 saturated carbocycles. The summed E-state index contributed by atoms with van der Waals surface area (Å²) >= 11 is 0. The molecule has 3 rings (SSSR count). The van der Waals surface area contributed by atoms with E-state index >= 15 is 0 Å². The highest BCUT2D eigenvalue weighted by molar-refractivity contribution is 5.95. The van der Waals surface area contributed by atoms with Crippen molar-refractivity contribution in [3.63, 3.8) is 0 Å². The Bertz CT molecular complexity index is 846. The lowest BCUT2D eigenvalue weighted by Crippen LogP contribution is -2.19. The first-order valence-corrected chi connectivity index (χ1v) is 8.09. The van der Waals surface area contributed by atoms with Crippen LogP contribution in [-0.2, 0) is 27.2 Å². The van der Waals surface area contributed by atoms with E-state index in [1.165, 1.54) is 6.92 Å². The van der Waals surface area contributed by atoms with Crippen molar-refractivity contribution in [2.75, 3.05) is 16.0 Å². The van der Waals surface area contributed by atoms with Crippen molar-refractivity contribution in [2.24, 2.45) is 0 Å². The van der Waals surface area contributed by atoms with Crippen LogP contribution in [0.1, 0.15) is 24.5 Å². The Morgan fingerprint density at radius 1 is 1.04 bits per heavy atom. The van der Waals surface area contributed by atoms with Crippen LogP contribution in [0.5, 0.6) is 0 Å². The molecular formula is C19H19N3O3. The molecule has 6 heteroatoms. The van der Waals surface area contributed by atoms with Crippen LogP contribution < -0.4 is 16.0 Å². The average molecular weight is 337 g/mol. The Kier molecular flexibility index (Phi) is 4.79. The third-order valence-corrected chi connectivity index (χ3v) is 3.90. The summed E-state index contributed by atoms with van der Waals surface area (Å²) in [5, 5.41) is 8.34. The van der Waals surface area contributed by atoms with Crippen LogP contribution in [0.4, 0.5) is 17.1 Å². The first-order chi connectivity index (χ1) is 12.0. The fraction of sp³-hybridized carbons (Fsp3) is 0.211. The van der Waals surface area contributed by atoms with Crippen molar-refractivity contribution < 1.29 is 14.4 Å². The number of amides is 3. The first-order valence-electron chi connectivity index (χ1n) is 8.09. The maximum atomic E-state index is 12.3. The van der Waals surface area contributed by atoms with E-state index in [2.05, 4.69) is 16.0 Å². The van der Waals surface area contributed by atoms with Crippen molar-refractivity contribution in [3.8, 4) is 0 Å². The van der Waals surface area contributed by atoms with Gasteiger partial charge in [0.05, 0.1) is 6.42 Å². The van der Waals surface area contributed by atoms with E-state index in [1.807, 2.05) is 18.2 Å². The number of carbonyl (C=O) groups excluding carboxylic acids is 3. The van der Waals surface area contributed by atoms with Gasteiger partial charge in [-0.1, -0.05) is 18.2 Å². The second-order valence-corrected chi connectivity index (χ2v) is 6.03. The summed E-state index contributed by atoms with van der Waals surface area (Å²) < 4.78 is 0. The lowest BCUT2D eigenvalue weighted by molar-refractivity contribution is -0.117. The van der Waals surface area contributed by atoms with Crippen LogP contribution in [0.15, 0.2) is 42.5 Å². The quantitative estimate of drug-likeness (QED) is 0.801. The molecule has 0 spiro atoms. The van der Waals surface area contributed by atoms with Gasteiger partial charge >= 0.3 is 0 Å². The smallest absolute Gasteiger partial charge is 0.228 e. The molecule has 0 bridgehead atoms. The van der Waals surface area contributed by atoms with Crippen molar-refractivity contribution in [1.29, 1.82) is 0 Å². The number of nitrogens with one attached hydrogen (secondary N) is 3. The number of fused-ring (bicyclic) bond motifs is 1. The van der Waals surface area contributed by atoms with E-state index in [-0.39, 0.29) is 24.1 Å². The van der Waals surface area contributed by atoms with Crippen molar-refractivity contribution in [2.45, 2.75) is 26.2 Å². The van der Waals surface area contributed by atoms with E-state index in [9.17, 15) is 14.4 Å². The monoisotopic (exact) mass is 337 g/mol. The molecule has 3 amide bonds. The highest BCUT2D eigenvalue weighted by Gasteiger charge is 2.15. The van der Waals surface area contributed by atoms with Crippen molar-refractivity contribution in [3.05, 3.63) is 53.6 Å². The predicted octanol–water partition coefficient (Wildman–Crippen LogP) is 2.71. The van der Waals surface area contributed by atoms with Crippen LogP contribution in [0.3, 0.4) is 0 Å². The number of rotatable bonds is 4. The minimum atomic E-state index is -0.162. The number of hydrogen-bond donors (Lipinski definition) is 3. The summed E-state index contributed by atoms with van der Waals surface area (Å²) in [5.74, 6) is -0.276. The van der Waals surface area contributed by atoms with Gasteiger partial charge in [-0.05, 0) is 41.8 Å². The van der Waals surface area contributed by atoms with E-state index in [0.717, 1.165) is 16.8 Å². The molecule has 1 aliphatic heterocycles. The molecule has 0 atom stereocenters. The second kappa shape index (κ2) is 7.17. The molecule has 0 saturated heterocycles. The zero-order valence-corrected chi connectivity index (χ0v) is 13.9. The fourth-order valence-electron chi connectivity index (χ4n) is 2.82. The van der Waals surface area contributed by atoms with Gasteiger partial charge in [0.2, 0.25) is 17.7 Å². The van der Waals surface area contributed by atoms with Gasteiger partial charge < -0.3 is 16.0 Å². The zero-order valence-electron chi connectivity index (χ0n) is 13.9. The topological polar surface area (TPSA) is 87.3 Å². The van der Waals surface area contributed by atoms with E-state index in [0.29, 0.717) is 24.2 Å². The molecule has 0 radical (unpaired) electrons. The van der Waals surface area contributed by atoms with Crippen LogP contribution in [-0.4, -0.2) is 17.7 Å². The molecule has 2 aromatic carbocycles. The van der Waals surface area contributed by atoms with E-state index in [1.54, 1.807) is 24.3 Å². The largest absolute Gasteiger partial charge is 0.326 e. The molecule has 0 fully saturated rings. The molecule has 1 heterocycles. The van der Waals surface area contributed by atoms with Crippen LogP contribution in [0.25, 0.3) is 0 Å². The molecule has 25 heavy (non-hydrogen) atoms. The molecule has 1 aliphatic rings.